The molecule has 3 heterocycles. The second kappa shape index (κ2) is 11.3. The fraction of sp³-hybridized carbons (Fsp3) is 0.500. The number of nitrogens with one attached hydrogen (secondary N) is 1. The Labute approximate surface area is 211 Å². The molecule has 1 saturated heterocycles. The number of carbonyl (C=O) groups is 2. The number of hydrogen-bond donors (Lipinski definition) is 1. The number of thioether (sulfide) groups is 1. The fourth-order valence-corrected chi connectivity index (χ4v) is 5.88. The van der Waals surface area contributed by atoms with E-state index in [4.69, 9.17) is 14.5 Å². The van der Waals surface area contributed by atoms with Gasteiger partial charge in [-0.1, -0.05) is 23.9 Å². The predicted molar refractivity (Wildman–Crippen MR) is 138 cm³/mol. The Hall–Kier alpha value is -2.78. The number of ether oxygens (including phenoxy) is 2. The summed E-state index contributed by atoms with van der Waals surface area (Å²) in [6.45, 7) is 5.67. The van der Waals surface area contributed by atoms with Crippen LogP contribution in [0.1, 0.15) is 51.1 Å². The standard InChI is InChI=1S/C26H34N4O4S/c1-5-34-25(32)23-17(2)28-26-30(24(23)18-8-6-10-21(14-18)33-4)20(16-35-26)15-22(31)27-12-11-19-9-7-13-29(19)3/h6,8,10,14,16,19,24H,5,7,9,11-13,15H2,1-4H3,(H,27,31)/t19-,24+/m1/s1. The maximum absolute atomic E-state index is 13.0. The third kappa shape index (κ3) is 5.56. The first-order valence-corrected chi connectivity index (χ1v) is 13.0. The first-order valence-electron chi connectivity index (χ1n) is 12.1. The van der Waals surface area contributed by atoms with Crippen molar-refractivity contribution >= 4 is 28.8 Å². The molecule has 1 fully saturated rings. The van der Waals surface area contributed by atoms with Crippen molar-refractivity contribution < 1.29 is 19.1 Å². The number of aliphatic imine (C=N–C) groups is 1. The van der Waals surface area contributed by atoms with Crippen molar-refractivity contribution in [2.75, 3.05) is 33.9 Å². The summed E-state index contributed by atoms with van der Waals surface area (Å²) in [5, 5.41) is 5.79. The van der Waals surface area contributed by atoms with Crippen LogP contribution in [0.2, 0.25) is 0 Å². The van der Waals surface area contributed by atoms with E-state index in [0.717, 1.165) is 29.4 Å². The minimum Gasteiger partial charge on any atom is -0.497 e. The first kappa shape index (κ1) is 25.3. The minimum atomic E-state index is -0.460. The number of fused-ring (bicyclic) bond motifs is 1. The summed E-state index contributed by atoms with van der Waals surface area (Å²) in [6, 6.07) is 7.72. The molecule has 0 saturated carbocycles. The molecular formula is C26H34N4O4S. The maximum Gasteiger partial charge on any atom is 0.338 e. The lowest BCUT2D eigenvalue weighted by molar-refractivity contribution is -0.139. The number of methoxy groups -OCH3 is 1. The van der Waals surface area contributed by atoms with Crippen LogP contribution in [0.15, 0.2) is 51.6 Å². The molecule has 1 aromatic rings. The molecule has 1 amide bonds. The van der Waals surface area contributed by atoms with Gasteiger partial charge in [-0.3, -0.25) is 4.79 Å². The van der Waals surface area contributed by atoms with E-state index in [1.54, 1.807) is 14.0 Å². The summed E-state index contributed by atoms with van der Waals surface area (Å²) >= 11 is 1.47. The van der Waals surface area contributed by atoms with Gasteiger partial charge in [-0.05, 0) is 69.8 Å². The molecule has 0 unspecified atom stereocenters. The number of carbonyl (C=O) groups excluding carboxylic acids is 2. The SMILES string of the molecule is CCOC(=O)C1=C(C)N=C2SC=C(CC(=O)NCC[C@H]3CCCN3C)N2[C@H]1c1cccc(OC)c1. The zero-order valence-corrected chi connectivity index (χ0v) is 21.7. The number of amidine groups is 1. The third-order valence-electron chi connectivity index (χ3n) is 6.72. The number of nitrogens with zero attached hydrogens (tertiary/aromatic N) is 3. The molecule has 0 bridgehead atoms. The summed E-state index contributed by atoms with van der Waals surface area (Å²) in [5.74, 6) is 0.258. The van der Waals surface area contributed by atoms with Gasteiger partial charge in [-0.15, -0.1) is 0 Å². The number of rotatable bonds is 9. The summed E-state index contributed by atoms with van der Waals surface area (Å²) in [6.07, 6.45) is 3.57. The van der Waals surface area contributed by atoms with Crippen molar-refractivity contribution in [2.45, 2.75) is 51.6 Å². The smallest absolute Gasteiger partial charge is 0.338 e. The van der Waals surface area contributed by atoms with Gasteiger partial charge in [-0.2, -0.15) is 0 Å². The van der Waals surface area contributed by atoms with Crippen LogP contribution in [0.3, 0.4) is 0 Å². The van der Waals surface area contributed by atoms with E-state index >= 15 is 0 Å². The van der Waals surface area contributed by atoms with E-state index in [0.29, 0.717) is 29.6 Å². The summed E-state index contributed by atoms with van der Waals surface area (Å²) in [7, 11) is 3.76. The van der Waals surface area contributed by atoms with Gasteiger partial charge in [0.15, 0.2) is 5.17 Å². The van der Waals surface area contributed by atoms with Crippen LogP contribution in [0, 0.1) is 0 Å². The van der Waals surface area contributed by atoms with Gasteiger partial charge < -0.3 is 24.6 Å². The van der Waals surface area contributed by atoms with E-state index < -0.39 is 12.0 Å². The van der Waals surface area contributed by atoms with Crippen LogP contribution in [0.5, 0.6) is 5.75 Å². The third-order valence-corrected chi connectivity index (χ3v) is 7.61. The van der Waals surface area contributed by atoms with E-state index in [9.17, 15) is 9.59 Å². The average molecular weight is 499 g/mol. The molecule has 1 aromatic carbocycles. The molecule has 8 nitrogen and oxygen atoms in total. The molecule has 0 radical (unpaired) electrons. The quantitative estimate of drug-likeness (QED) is 0.518. The molecule has 3 aliphatic rings. The zero-order chi connectivity index (χ0) is 24.9. The van der Waals surface area contributed by atoms with Gasteiger partial charge in [0.05, 0.1) is 37.4 Å². The maximum atomic E-state index is 13.0. The predicted octanol–water partition coefficient (Wildman–Crippen LogP) is 3.82. The fourth-order valence-electron chi connectivity index (χ4n) is 4.92. The Morgan fingerprint density at radius 1 is 1.31 bits per heavy atom. The Balaban J connectivity index is 1.55. The normalized spacial score (nSPS) is 22.0. The van der Waals surface area contributed by atoms with Crippen LogP contribution >= 0.6 is 11.8 Å². The van der Waals surface area contributed by atoms with Gasteiger partial charge in [0, 0.05) is 18.3 Å². The van der Waals surface area contributed by atoms with Crippen molar-refractivity contribution in [2.24, 2.45) is 4.99 Å². The van der Waals surface area contributed by atoms with Crippen molar-refractivity contribution in [3.8, 4) is 5.75 Å². The van der Waals surface area contributed by atoms with E-state index in [2.05, 4.69) is 17.3 Å². The van der Waals surface area contributed by atoms with Gasteiger partial charge in [-0.25, -0.2) is 9.79 Å². The average Bonchev–Trinajstić information content (AvgIpc) is 3.43. The number of esters is 1. The van der Waals surface area contributed by atoms with Crippen LogP contribution < -0.4 is 10.1 Å². The molecule has 0 aromatic heterocycles. The summed E-state index contributed by atoms with van der Waals surface area (Å²) in [4.78, 5) is 35.0. The van der Waals surface area contributed by atoms with Crippen molar-refractivity contribution in [3.63, 3.8) is 0 Å². The zero-order valence-electron chi connectivity index (χ0n) is 20.9. The molecule has 2 atom stereocenters. The minimum absolute atomic E-state index is 0.0351. The van der Waals surface area contributed by atoms with Crippen molar-refractivity contribution in [1.29, 1.82) is 0 Å². The first-order chi connectivity index (χ1) is 16.9. The second-order valence-electron chi connectivity index (χ2n) is 8.98. The van der Waals surface area contributed by atoms with Crippen LogP contribution in [-0.2, 0) is 14.3 Å². The van der Waals surface area contributed by atoms with Crippen molar-refractivity contribution in [1.82, 2.24) is 15.1 Å². The molecule has 1 N–H and O–H groups in total. The van der Waals surface area contributed by atoms with Crippen LogP contribution in [0.25, 0.3) is 0 Å². The lowest BCUT2D eigenvalue weighted by atomic mass is 9.93. The molecule has 3 aliphatic heterocycles. The Morgan fingerprint density at radius 3 is 2.86 bits per heavy atom. The van der Waals surface area contributed by atoms with Crippen LogP contribution in [-0.4, -0.2) is 66.7 Å². The van der Waals surface area contributed by atoms with E-state index in [1.165, 1.54) is 24.6 Å². The van der Waals surface area contributed by atoms with Crippen molar-refractivity contribution in [3.05, 3.63) is 52.2 Å². The molecule has 9 heteroatoms. The Bertz CT molecular complexity index is 1070. The highest BCUT2D eigenvalue weighted by molar-refractivity contribution is 8.16. The van der Waals surface area contributed by atoms with E-state index in [1.807, 2.05) is 41.5 Å². The Morgan fingerprint density at radius 2 is 2.14 bits per heavy atom. The van der Waals surface area contributed by atoms with Crippen LogP contribution in [0.4, 0.5) is 0 Å². The number of likely N-dealkylation sites (tertiary alicyclic amines) is 1. The largest absolute Gasteiger partial charge is 0.497 e. The molecule has 4 rings (SSSR count). The number of allylic oxidation sites excluding steroid dienone is 1. The molecular weight excluding hydrogens is 464 g/mol. The molecule has 0 spiro atoms. The highest BCUT2D eigenvalue weighted by Gasteiger charge is 2.41. The van der Waals surface area contributed by atoms with Gasteiger partial charge in [0.25, 0.3) is 0 Å². The second-order valence-corrected chi connectivity index (χ2v) is 9.82. The molecule has 188 valence electrons. The van der Waals surface area contributed by atoms with Gasteiger partial charge >= 0.3 is 5.97 Å². The monoisotopic (exact) mass is 498 g/mol. The lowest BCUT2D eigenvalue weighted by Gasteiger charge is -2.36. The number of benzene rings is 1. The van der Waals surface area contributed by atoms with Gasteiger partial charge in [0.1, 0.15) is 5.75 Å². The van der Waals surface area contributed by atoms with E-state index in [-0.39, 0.29) is 18.9 Å². The number of amides is 1. The highest BCUT2D eigenvalue weighted by atomic mass is 32.2. The topological polar surface area (TPSA) is 83.5 Å². The van der Waals surface area contributed by atoms with Gasteiger partial charge in [0.2, 0.25) is 5.91 Å². The lowest BCUT2D eigenvalue weighted by Crippen LogP contribution is -2.38. The molecule has 35 heavy (non-hydrogen) atoms. The molecule has 0 aliphatic carbocycles. The summed E-state index contributed by atoms with van der Waals surface area (Å²) < 4.78 is 10.8. The summed E-state index contributed by atoms with van der Waals surface area (Å²) in [5.41, 5.74) is 2.78. The Kier molecular flexibility index (Phi) is 8.18. The number of hydrogen-bond acceptors (Lipinski definition) is 8. The highest BCUT2D eigenvalue weighted by Crippen LogP contribution is 2.45.